The average molecular weight is 1060 g/mol. The molecule has 0 unspecified atom stereocenters. The number of nitrogens with one attached hydrogen (secondary N) is 2. The molecule has 4 nitrogen and oxygen atoms in total. The summed E-state index contributed by atoms with van der Waals surface area (Å²) in [6.45, 7) is 17.8. The first kappa shape index (κ1) is 48.1. The minimum atomic E-state index is 0.758. The topological polar surface area (TPSA) is 52.5 Å². The van der Waals surface area contributed by atoms with Crippen LogP contribution in [0.25, 0.3) is 32.9 Å². The molecule has 370 valence electrons. The van der Waals surface area contributed by atoms with Gasteiger partial charge in [0, 0.05) is 69.3 Å². The number of thiophene rings is 3. The molecular weight excluding hydrogens is 1000 g/mol. The summed E-state index contributed by atoms with van der Waals surface area (Å²) in [7, 11) is 0. The normalized spacial score (nSPS) is 15.9. The van der Waals surface area contributed by atoms with Crippen molar-refractivity contribution in [1.29, 1.82) is 0 Å². The van der Waals surface area contributed by atoms with Crippen LogP contribution >= 0.6 is 34.0 Å². The fraction of sp³-hybridized carbons (Fsp3) is 0.132. The number of rotatable bonds is 4. The van der Waals surface area contributed by atoms with E-state index >= 15 is 0 Å². The lowest BCUT2D eigenvalue weighted by atomic mass is 9.93. The molecule has 8 heteroatoms. The maximum absolute atomic E-state index is 5.53. The molecule has 9 heterocycles. The third-order valence-electron chi connectivity index (χ3n) is 15.2. The number of hydrogen-bond donors (Lipinski definition) is 2. The Bertz CT molecular complexity index is 4580. The quantitative estimate of drug-likeness (QED) is 0.134. The SMILES string of the molecule is Cc1cccc(C)c1C1=c2ccc([nH]2)=C2C=CC(=N2)C(c2c(C)cccc2C)=c2ccc(s2)=c2ccc(s2)=C(c2c(C)cccc2C)C2=CCC(=C3C=CC(=N3)C(c3c(C)cccc3C)=c3ccc(s3)=C3C=CC1=[S+]3)N2. The van der Waals surface area contributed by atoms with Gasteiger partial charge in [-0.1, -0.05) is 78.9 Å². The molecule has 0 amide bonds. The van der Waals surface area contributed by atoms with Crippen molar-refractivity contribution in [3.05, 3.63) is 286 Å². The van der Waals surface area contributed by atoms with Gasteiger partial charge in [-0.2, -0.15) is 0 Å². The van der Waals surface area contributed by atoms with E-state index in [0.29, 0.717) is 0 Å². The van der Waals surface area contributed by atoms with Gasteiger partial charge in [0.05, 0.1) is 43.6 Å². The van der Waals surface area contributed by atoms with E-state index in [-0.39, 0.29) is 0 Å². The highest BCUT2D eigenvalue weighted by Gasteiger charge is 2.29. The predicted molar refractivity (Wildman–Crippen MR) is 327 cm³/mol. The van der Waals surface area contributed by atoms with Gasteiger partial charge in [0.25, 0.3) is 0 Å². The van der Waals surface area contributed by atoms with Crippen molar-refractivity contribution >= 4 is 94.5 Å². The third-order valence-corrected chi connectivity index (χ3v) is 20.0. The monoisotopic (exact) mass is 1060 g/mol. The summed E-state index contributed by atoms with van der Waals surface area (Å²) >= 11 is 7.41. The molecule has 8 aromatic rings. The number of aromatic amines is 1. The number of aryl methyl sites for hydroxylation is 8. The lowest BCUT2D eigenvalue weighted by molar-refractivity contribution is 1.00. The van der Waals surface area contributed by atoms with E-state index in [9.17, 15) is 0 Å². The number of nitrogens with zero attached hydrogens (tertiary/aromatic N) is 2. The minimum absolute atomic E-state index is 0.758. The van der Waals surface area contributed by atoms with Crippen LogP contribution in [0.1, 0.15) is 73.2 Å². The van der Waals surface area contributed by atoms with Gasteiger partial charge in [-0.3, -0.25) is 0 Å². The molecule has 0 atom stereocenters. The number of fused-ring (bicyclic) bond motifs is 13. The van der Waals surface area contributed by atoms with Crippen molar-refractivity contribution in [3.8, 4) is 0 Å². The zero-order chi connectivity index (χ0) is 51.9. The standard InChI is InChI=1S/C68H55N4S4/c1-37-13-9-14-38(2)61(37)65-49-25-21-45(69-49)46-22-26-50(70-46)66(62-39(3)15-10-16-40(62)4)59-35-31-55(75-59)56-32-36-60(76-56)68(64-43(7)19-12-20-44(64)8)52-28-24-48(72-52)47-23-27-51(71-47)67(63-41(5)17-11-18-42(63)6)58-34-30-54(74-58)53-29-33-57(65)73-53/h9-23,25-36,69,72H,24H2,1-8H3/q+1. The van der Waals surface area contributed by atoms with Crippen LogP contribution in [0.3, 0.4) is 0 Å². The Kier molecular flexibility index (Phi) is 12.2. The van der Waals surface area contributed by atoms with Gasteiger partial charge in [0.15, 0.2) is 0 Å². The maximum atomic E-state index is 5.53. The molecule has 0 fully saturated rings. The fourth-order valence-electron chi connectivity index (χ4n) is 11.6. The highest BCUT2D eigenvalue weighted by atomic mass is 32.1. The van der Waals surface area contributed by atoms with Gasteiger partial charge in [-0.05, 0) is 195 Å². The largest absolute Gasteiger partial charge is 0.357 e. The molecule has 4 aromatic heterocycles. The first-order valence-corrected chi connectivity index (χ1v) is 29.2. The highest BCUT2D eigenvalue weighted by molar-refractivity contribution is 7.90. The molecule has 5 aliphatic rings. The van der Waals surface area contributed by atoms with Crippen LogP contribution in [0.2, 0.25) is 0 Å². The lowest BCUT2D eigenvalue weighted by Crippen LogP contribution is -2.20. The zero-order valence-corrected chi connectivity index (χ0v) is 47.1. The van der Waals surface area contributed by atoms with E-state index in [1.165, 1.54) is 120 Å². The molecule has 0 aliphatic carbocycles. The smallest absolute Gasteiger partial charge is 0.248 e. The van der Waals surface area contributed by atoms with E-state index in [2.05, 4.69) is 230 Å². The zero-order valence-electron chi connectivity index (χ0n) is 43.8. The lowest BCUT2D eigenvalue weighted by Gasteiger charge is -2.16. The molecule has 5 aliphatic heterocycles. The number of benzene rings is 4. The third kappa shape index (κ3) is 8.36. The fourth-order valence-corrected chi connectivity index (χ4v) is 16.1. The molecule has 0 spiro atoms. The second-order valence-corrected chi connectivity index (χ2v) is 24.7. The number of aliphatic imine (C=N–C) groups is 2. The second kappa shape index (κ2) is 19.2. The summed E-state index contributed by atoms with van der Waals surface area (Å²) in [6.07, 6.45) is 16.6. The second-order valence-electron chi connectivity index (χ2n) is 20.4. The maximum Gasteiger partial charge on any atom is 0.248 e. The number of allylic oxidation sites excluding steroid dienone is 6. The van der Waals surface area contributed by atoms with Gasteiger partial charge in [-0.15, -0.1) is 34.0 Å². The Morgan fingerprint density at radius 3 is 1.36 bits per heavy atom. The minimum Gasteiger partial charge on any atom is -0.357 e. The molecule has 2 N–H and O–H groups in total. The van der Waals surface area contributed by atoms with Gasteiger partial charge < -0.3 is 10.3 Å². The van der Waals surface area contributed by atoms with Crippen molar-refractivity contribution in [2.45, 2.75) is 61.8 Å². The Balaban J connectivity index is 1.11. The van der Waals surface area contributed by atoms with Crippen molar-refractivity contribution in [2.24, 2.45) is 9.98 Å². The molecule has 76 heavy (non-hydrogen) atoms. The Morgan fingerprint density at radius 1 is 0.395 bits per heavy atom. The summed E-state index contributed by atoms with van der Waals surface area (Å²) < 4.78 is 7.34. The van der Waals surface area contributed by atoms with Crippen molar-refractivity contribution < 1.29 is 0 Å². The van der Waals surface area contributed by atoms with Crippen molar-refractivity contribution in [1.82, 2.24) is 10.3 Å². The average Bonchev–Trinajstić information content (AvgIpc) is 4.28. The van der Waals surface area contributed by atoms with E-state index < -0.39 is 0 Å². The van der Waals surface area contributed by atoms with E-state index in [0.717, 1.165) is 56.9 Å². The highest BCUT2D eigenvalue weighted by Crippen LogP contribution is 2.35. The van der Waals surface area contributed by atoms with Crippen molar-refractivity contribution in [2.75, 3.05) is 0 Å². The molecule has 0 saturated heterocycles. The van der Waals surface area contributed by atoms with Crippen LogP contribution in [-0.4, -0.2) is 21.3 Å². The first-order valence-electron chi connectivity index (χ1n) is 25.9. The number of H-pyrrole nitrogens is 1. The Labute approximate surface area is 459 Å². The van der Waals surface area contributed by atoms with E-state index in [4.69, 9.17) is 9.98 Å². The summed E-state index contributed by atoms with van der Waals surface area (Å²) in [5.41, 5.74) is 25.8. The van der Waals surface area contributed by atoms with Crippen LogP contribution in [0.15, 0.2) is 191 Å². The Hall–Kier alpha value is -7.59. The predicted octanol–water partition coefficient (Wildman–Crippen LogP) is 11.3. The molecule has 4 aromatic carbocycles. The van der Waals surface area contributed by atoms with Crippen molar-refractivity contribution in [3.63, 3.8) is 0 Å². The molecule has 16 bridgehead atoms. The van der Waals surface area contributed by atoms with Crippen LogP contribution in [0, 0.1) is 64.5 Å². The van der Waals surface area contributed by atoms with E-state index in [1.54, 1.807) is 0 Å². The van der Waals surface area contributed by atoms with Crippen LogP contribution in [0.5, 0.6) is 0 Å². The van der Waals surface area contributed by atoms with Crippen LogP contribution < -0.4 is 34.1 Å². The van der Waals surface area contributed by atoms with Crippen LogP contribution in [0.4, 0.5) is 0 Å². The summed E-state index contributed by atoms with van der Waals surface area (Å²) in [6, 6.07) is 44.8. The summed E-state index contributed by atoms with van der Waals surface area (Å²) in [5.74, 6) is 0. The molecule has 0 radical (unpaired) electrons. The summed E-state index contributed by atoms with van der Waals surface area (Å²) in [5, 5.41) is 6.02. The van der Waals surface area contributed by atoms with Crippen LogP contribution in [-0.2, 0) is 11.4 Å². The molecule has 0 saturated carbocycles. The molecular formula is C68H55N4S4+. The number of aromatic nitrogens is 1. The first-order chi connectivity index (χ1) is 36.9. The number of hydrogen-bond acceptors (Lipinski definition) is 6. The Morgan fingerprint density at radius 2 is 0.816 bits per heavy atom. The van der Waals surface area contributed by atoms with Gasteiger partial charge >= 0.3 is 0 Å². The van der Waals surface area contributed by atoms with E-state index in [1.807, 2.05) is 45.4 Å². The van der Waals surface area contributed by atoms with Gasteiger partial charge in [0.2, 0.25) is 21.1 Å². The van der Waals surface area contributed by atoms with Gasteiger partial charge in [-0.25, -0.2) is 9.98 Å². The summed E-state index contributed by atoms with van der Waals surface area (Å²) in [4.78, 5) is 17.4. The molecule has 13 rings (SSSR count). The van der Waals surface area contributed by atoms with Gasteiger partial charge in [0.1, 0.15) is 0 Å².